The van der Waals surface area contributed by atoms with E-state index in [1.54, 1.807) is 21.0 Å². The molecule has 0 aromatic rings. The molecule has 0 spiro atoms. The van der Waals surface area contributed by atoms with Crippen molar-refractivity contribution >= 4 is 23.6 Å². The van der Waals surface area contributed by atoms with Crippen LogP contribution in [-0.4, -0.2) is 55.0 Å². The maximum absolute atomic E-state index is 11.2. The molecule has 0 saturated carbocycles. The van der Waals surface area contributed by atoms with Crippen LogP contribution in [0.15, 0.2) is 0 Å². The minimum Gasteiger partial charge on any atom is -0.465 e. The number of carbonyl (C=O) groups excluding carboxylic acids is 2. The van der Waals surface area contributed by atoms with Gasteiger partial charge in [-0.05, 0) is 19.1 Å². The molecule has 0 aromatic carbocycles. The monoisotopic (exact) mass is 248 g/mol. The van der Waals surface area contributed by atoms with Gasteiger partial charge in [-0.3, -0.25) is 9.59 Å². The molecule has 0 bridgehead atoms. The molecule has 0 aliphatic carbocycles. The van der Waals surface area contributed by atoms with Crippen molar-refractivity contribution in [2.45, 2.75) is 19.4 Å². The van der Waals surface area contributed by atoms with E-state index in [9.17, 15) is 9.59 Å². The topological polar surface area (TPSA) is 72.6 Å². The Hall–Kier alpha value is -0.750. The van der Waals surface area contributed by atoms with E-state index in [1.165, 1.54) is 16.7 Å². The van der Waals surface area contributed by atoms with Gasteiger partial charge in [0, 0.05) is 14.1 Å². The maximum atomic E-state index is 11.2. The van der Waals surface area contributed by atoms with Crippen molar-refractivity contribution in [3.05, 3.63) is 0 Å². The summed E-state index contributed by atoms with van der Waals surface area (Å²) in [6, 6.07) is -0.582. The Balaban J connectivity index is 3.58. The van der Waals surface area contributed by atoms with E-state index in [-0.39, 0.29) is 11.9 Å². The molecule has 0 aliphatic rings. The summed E-state index contributed by atoms with van der Waals surface area (Å²) in [4.78, 5) is 23.9. The molecular weight excluding hydrogens is 228 g/mol. The van der Waals surface area contributed by atoms with Crippen LogP contribution in [0.1, 0.15) is 13.3 Å². The smallest absolute Gasteiger partial charge is 0.322 e. The second-order valence-electron chi connectivity index (χ2n) is 3.49. The van der Waals surface area contributed by atoms with Crippen LogP contribution in [0, 0.1) is 0 Å². The molecule has 94 valence electrons. The molecule has 0 radical (unpaired) electrons. The van der Waals surface area contributed by atoms with Gasteiger partial charge in [0.1, 0.15) is 6.04 Å². The highest BCUT2D eigenvalue weighted by molar-refractivity contribution is 7.99. The number of nitrogens with zero attached hydrogens (tertiary/aromatic N) is 1. The fourth-order valence-electron chi connectivity index (χ4n) is 0.866. The van der Waals surface area contributed by atoms with Crippen LogP contribution in [0.5, 0.6) is 0 Å². The summed E-state index contributed by atoms with van der Waals surface area (Å²) in [5, 5.41) is 0. The summed E-state index contributed by atoms with van der Waals surface area (Å²) >= 11 is 1.47. The first-order chi connectivity index (χ1) is 7.49. The zero-order valence-electron chi connectivity index (χ0n) is 10.1. The lowest BCUT2D eigenvalue weighted by atomic mass is 10.2. The summed E-state index contributed by atoms with van der Waals surface area (Å²) in [6.07, 6.45) is 0.532. The Morgan fingerprint density at radius 3 is 2.56 bits per heavy atom. The summed E-state index contributed by atoms with van der Waals surface area (Å²) < 4.78 is 4.77. The molecule has 5 nitrogen and oxygen atoms in total. The number of amides is 1. The van der Waals surface area contributed by atoms with Crippen LogP contribution >= 0.6 is 11.8 Å². The Morgan fingerprint density at radius 2 is 2.06 bits per heavy atom. The number of thioether (sulfide) groups is 1. The van der Waals surface area contributed by atoms with Gasteiger partial charge >= 0.3 is 5.97 Å². The fourth-order valence-corrected chi connectivity index (χ4v) is 1.86. The van der Waals surface area contributed by atoms with Gasteiger partial charge in [0.15, 0.2) is 0 Å². The Bertz CT molecular complexity index is 234. The molecule has 1 amide bonds. The molecule has 0 heterocycles. The van der Waals surface area contributed by atoms with E-state index in [0.717, 1.165) is 0 Å². The third-order valence-corrected chi connectivity index (χ3v) is 2.86. The number of nitrogens with two attached hydrogens (primary N) is 1. The van der Waals surface area contributed by atoms with Crippen molar-refractivity contribution in [3.63, 3.8) is 0 Å². The minimum atomic E-state index is -0.582. The number of carbonyl (C=O) groups is 2. The van der Waals surface area contributed by atoms with Crippen molar-refractivity contribution in [3.8, 4) is 0 Å². The molecule has 16 heavy (non-hydrogen) atoms. The lowest BCUT2D eigenvalue weighted by Gasteiger charge is -2.11. The van der Waals surface area contributed by atoms with E-state index in [4.69, 9.17) is 10.5 Å². The Kier molecular flexibility index (Phi) is 8.01. The molecule has 6 heteroatoms. The van der Waals surface area contributed by atoms with Crippen molar-refractivity contribution < 1.29 is 14.3 Å². The standard InChI is InChI=1S/C10H20N2O3S/c1-4-15-10(14)8(11)5-6-16-7-9(13)12(2)3/h8H,4-7,11H2,1-3H3. The number of esters is 1. The minimum absolute atomic E-state index is 0.0645. The normalized spacial score (nSPS) is 12.0. The van der Waals surface area contributed by atoms with Crippen LogP contribution in [0.4, 0.5) is 0 Å². The number of hydrogen-bond acceptors (Lipinski definition) is 5. The van der Waals surface area contributed by atoms with Crippen molar-refractivity contribution in [2.75, 3.05) is 32.2 Å². The highest BCUT2D eigenvalue weighted by Gasteiger charge is 2.14. The lowest BCUT2D eigenvalue weighted by molar-refractivity contribution is -0.144. The zero-order valence-corrected chi connectivity index (χ0v) is 10.9. The molecule has 0 aliphatic heterocycles. The van der Waals surface area contributed by atoms with Gasteiger partial charge in [-0.25, -0.2) is 0 Å². The average Bonchev–Trinajstić information content (AvgIpc) is 2.23. The van der Waals surface area contributed by atoms with Crippen molar-refractivity contribution in [2.24, 2.45) is 5.73 Å². The van der Waals surface area contributed by atoms with Crippen molar-refractivity contribution in [1.82, 2.24) is 4.90 Å². The predicted octanol–water partition coefficient (Wildman–Crippen LogP) is 0.0883. The van der Waals surface area contributed by atoms with Gasteiger partial charge in [0.2, 0.25) is 5.91 Å². The van der Waals surface area contributed by atoms with E-state index in [1.807, 2.05) is 0 Å². The SMILES string of the molecule is CCOC(=O)C(N)CCSCC(=O)N(C)C. The largest absolute Gasteiger partial charge is 0.465 e. The van der Waals surface area contributed by atoms with E-state index < -0.39 is 6.04 Å². The van der Waals surface area contributed by atoms with Gasteiger partial charge in [-0.2, -0.15) is 11.8 Å². The van der Waals surface area contributed by atoms with Gasteiger partial charge < -0.3 is 15.4 Å². The average molecular weight is 248 g/mol. The molecule has 0 fully saturated rings. The van der Waals surface area contributed by atoms with Crippen molar-refractivity contribution in [1.29, 1.82) is 0 Å². The maximum Gasteiger partial charge on any atom is 0.322 e. The number of rotatable bonds is 7. The van der Waals surface area contributed by atoms with Crippen LogP contribution in [0.3, 0.4) is 0 Å². The third kappa shape index (κ3) is 6.68. The molecule has 0 aromatic heterocycles. The van der Waals surface area contributed by atoms with E-state index >= 15 is 0 Å². The first-order valence-corrected chi connectivity index (χ1v) is 6.34. The van der Waals surface area contributed by atoms with Crippen LogP contribution in [-0.2, 0) is 14.3 Å². The van der Waals surface area contributed by atoms with Crippen LogP contribution in [0.2, 0.25) is 0 Å². The first-order valence-electron chi connectivity index (χ1n) is 5.19. The first kappa shape index (κ1) is 15.2. The predicted molar refractivity (Wildman–Crippen MR) is 65.2 cm³/mol. The third-order valence-electron chi connectivity index (χ3n) is 1.89. The molecule has 2 N–H and O–H groups in total. The summed E-state index contributed by atoms with van der Waals surface area (Å²) in [5.74, 6) is 0.791. The second-order valence-corrected chi connectivity index (χ2v) is 4.59. The number of hydrogen-bond donors (Lipinski definition) is 1. The Labute approximate surface area is 101 Å². The van der Waals surface area contributed by atoms with E-state index in [2.05, 4.69) is 0 Å². The van der Waals surface area contributed by atoms with E-state index in [0.29, 0.717) is 24.5 Å². The molecule has 1 atom stereocenters. The highest BCUT2D eigenvalue weighted by Crippen LogP contribution is 2.05. The highest BCUT2D eigenvalue weighted by atomic mass is 32.2. The van der Waals surface area contributed by atoms with Crippen LogP contribution in [0.25, 0.3) is 0 Å². The Morgan fingerprint density at radius 1 is 1.44 bits per heavy atom. The zero-order chi connectivity index (χ0) is 12.6. The van der Waals surface area contributed by atoms with Gasteiger partial charge in [0.05, 0.1) is 12.4 Å². The molecule has 0 saturated heterocycles. The van der Waals surface area contributed by atoms with Gasteiger partial charge in [0.25, 0.3) is 0 Å². The quantitative estimate of drug-likeness (QED) is 0.510. The molecule has 0 rings (SSSR count). The number of ether oxygens (including phenoxy) is 1. The summed E-state index contributed by atoms with van der Waals surface area (Å²) in [6.45, 7) is 2.09. The summed E-state index contributed by atoms with van der Waals surface area (Å²) in [5.41, 5.74) is 5.60. The summed E-state index contributed by atoms with van der Waals surface area (Å²) in [7, 11) is 3.43. The molecular formula is C10H20N2O3S. The molecule has 1 unspecified atom stereocenters. The second kappa shape index (κ2) is 8.41. The van der Waals surface area contributed by atoms with Gasteiger partial charge in [-0.1, -0.05) is 0 Å². The van der Waals surface area contributed by atoms with Gasteiger partial charge in [-0.15, -0.1) is 0 Å². The van der Waals surface area contributed by atoms with Crippen LogP contribution < -0.4 is 5.73 Å². The lowest BCUT2D eigenvalue weighted by Crippen LogP contribution is -2.33. The fraction of sp³-hybridized carbons (Fsp3) is 0.800.